The smallest absolute Gasteiger partial charge is 0.243 e. The molecule has 6 nitrogen and oxygen atoms in total. The molecule has 2 heterocycles. The van der Waals surface area contributed by atoms with Gasteiger partial charge in [-0.2, -0.15) is 0 Å². The van der Waals surface area contributed by atoms with Gasteiger partial charge in [-0.25, -0.2) is 0 Å². The second kappa shape index (κ2) is 9.98. The summed E-state index contributed by atoms with van der Waals surface area (Å²) in [6.45, 7) is 4.91. The quantitative estimate of drug-likeness (QED) is 0.679. The van der Waals surface area contributed by atoms with Crippen molar-refractivity contribution in [1.82, 2.24) is 15.1 Å². The summed E-state index contributed by atoms with van der Waals surface area (Å²) in [6.07, 6.45) is 0. The Morgan fingerprint density at radius 1 is 1.00 bits per heavy atom. The molecule has 0 bridgehead atoms. The predicted molar refractivity (Wildman–Crippen MR) is 112 cm³/mol. The molecule has 2 N–H and O–H groups in total. The largest absolute Gasteiger partial charge is 0.346 e. The Hall–Kier alpha value is -1.74. The molecule has 1 aliphatic rings. The van der Waals surface area contributed by atoms with Crippen molar-refractivity contribution < 1.29 is 9.59 Å². The number of benzene rings is 1. The van der Waals surface area contributed by atoms with Crippen molar-refractivity contribution in [2.75, 3.05) is 44.6 Å². The lowest BCUT2D eigenvalue weighted by Crippen LogP contribution is -2.49. The van der Waals surface area contributed by atoms with Crippen molar-refractivity contribution >= 4 is 44.8 Å². The molecule has 3 rings (SSSR count). The standard InChI is InChI=1S/C19H23BrN4O2S/c20-16-5-1-2-6-17(16)22-18(25)12-21-19(26)14-24-9-7-23(8-10-24)13-15-4-3-11-27-15/h1-6,11H,7-10,12-14H2,(H,21,26)(H,22,25). The minimum absolute atomic E-state index is 0.0293. The molecule has 2 aromatic rings. The Balaban J connectivity index is 1.34. The molecule has 0 aliphatic carbocycles. The van der Waals surface area contributed by atoms with Crippen LogP contribution in [0.25, 0.3) is 0 Å². The minimum atomic E-state index is -0.240. The van der Waals surface area contributed by atoms with Gasteiger partial charge in [-0.1, -0.05) is 18.2 Å². The van der Waals surface area contributed by atoms with Crippen LogP contribution in [0.1, 0.15) is 4.88 Å². The molecule has 1 aromatic carbocycles. The van der Waals surface area contributed by atoms with Gasteiger partial charge in [-0.05, 0) is 39.5 Å². The van der Waals surface area contributed by atoms with Gasteiger partial charge >= 0.3 is 0 Å². The molecule has 1 saturated heterocycles. The van der Waals surface area contributed by atoms with E-state index in [1.165, 1.54) is 4.88 Å². The third-order valence-corrected chi connectivity index (χ3v) is 5.94. The highest BCUT2D eigenvalue weighted by Crippen LogP contribution is 2.20. The van der Waals surface area contributed by atoms with E-state index >= 15 is 0 Å². The number of carbonyl (C=O) groups excluding carboxylic acids is 2. The summed E-state index contributed by atoms with van der Waals surface area (Å²) in [4.78, 5) is 30.0. The maximum atomic E-state index is 12.1. The van der Waals surface area contributed by atoms with E-state index in [-0.39, 0.29) is 18.4 Å². The fourth-order valence-corrected chi connectivity index (χ4v) is 4.05. The third kappa shape index (κ3) is 6.42. The first kappa shape index (κ1) is 20.0. The Labute approximate surface area is 171 Å². The van der Waals surface area contributed by atoms with Crippen molar-refractivity contribution in [2.45, 2.75) is 6.54 Å². The zero-order valence-electron chi connectivity index (χ0n) is 15.0. The van der Waals surface area contributed by atoms with Crippen LogP contribution in [0.3, 0.4) is 0 Å². The van der Waals surface area contributed by atoms with Gasteiger partial charge in [0.15, 0.2) is 0 Å². The Morgan fingerprint density at radius 2 is 1.74 bits per heavy atom. The summed E-state index contributed by atoms with van der Waals surface area (Å²) in [7, 11) is 0. The van der Waals surface area contributed by atoms with Gasteiger partial charge in [0, 0.05) is 42.1 Å². The molecule has 0 unspecified atom stereocenters. The summed E-state index contributed by atoms with van der Waals surface area (Å²) < 4.78 is 0.810. The van der Waals surface area contributed by atoms with E-state index in [4.69, 9.17) is 0 Å². The number of thiophene rings is 1. The van der Waals surface area contributed by atoms with E-state index in [9.17, 15) is 9.59 Å². The molecule has 0 saturated carbocycles. The summed E-state index contributed by atoms with van der Waals surface area (Å²) in [5.74, 6) is -0.361. The van der Waals surface area contributed by atoms with Gasteiger partial charge in [0.05, 0.1) is 18.8 Å². The van der Waals surface area contributed by atoms with E-state index in [1.807, 2.05) is 18.2 Å². The van der Waals surface area contributed by atoms with Crippen LogP contribution >= 0.6 is 27.3 Å². The first-order valence-electron chi connectivity index (χ1n) is 8.88. The molecule has 1 aliphatic heterocycles. The van der Waals surface area contributed by atoms with E-state index in [0.29, 0.717) is 12.2 Å². The molecule has 1 fully saturated rings. The number of nitrogens with one attached hydrogen (secondary N) is 2. The molecular weight excluding hydrogens is 428 g/mol. The molecule has 1 aromatic heterocycles. The number of anilines is 1. The fourth-order valence-electron chi connectivity index (χ4n) is 2.92. The van der Waals surface area contributed by atoms with Crippen molar-refractivity contribution in [2.24, 2.45) is 0 Å². The molecule has 144 valence electrons. The van der Waals surface area contributed by atoms with Crippen LogP contribution in [-0.4, -0.2) is 60.9 Å². The Kier molecular flexibility index (Phi) is 7.40. The maximum Gasteiger partial charge on any atom is 0.243 e. The number of hydrogen-bond acceptors (Lipinski definition) is 5. The number of piperazine rings is 1. The number of carbonyl (C=O) groups is 2. The average Bonchev–Trinajstić information content (AvgIpc) is 3.17. The highest BCUT2D eigenvalue weighted by atomic mass is 79.9. The maximum absolute atomic E-state index is 12.1. The van der Waals surface area contributed by atoms with Crippen LogP contribution in [0.2, 0.25) is 0 Å². The molecule has 0 atom stereocenters. The van der Waals surface area contributed by atoms with Crippen LogP contribution in [0.15, 0.2) is 46.3 Å². The molecular formula is C19H23BrN4O2S. The number of halogens is 1. The van der Waals surface area contributed by atoms with Crippen LogP contribution < -0.4 is 10.6 Å². The summed E-state index contributed by atoms with van der Waals surface area (Å²) in [5.41, 5.74) is 0.693. The van der Waals surface area contributed by atoms with Crippen molar-refractivity contribution in [3.05, 3.63) is 51.1 Å². The SMILES string of the molecule is O=C(CN1CCN(Cc2cccs2)CC1)NCC(=O)Nc1ccccc1Br. The number of hydrogen-bond donors (Lipinski definition) is 2. The summed E-state index contributed by atoms with van der Waals surface area (Å²) >= 11 is 5.16. The van der Waals surface area contributed by atoms with Gasteiger partial charge in [-0.3, -0.25) is 19.4 Å². The lowest BCUT2D eigenvalue weighted by Gasteiger charge is -2.34. The first-order valence-corrected chi connectivity index (χ1v) is 10.6. The van der Waals surface area contributed by atoms with E-state index in [1.54, 1.807) is 17.4 Å². The monoisotopic (exact) mass is 450 g/mol. The first-order chi connectivity index (χ1) is 13.1. The number of para-hydroxylation sites is 1. The Morgan fingerprint density at radius 3 is 2.44 bits per heavy atom. The fraction of sp³-hybridized carbons (Fsp3) is 0.368. The zero-order chi connectivity index (χ0) is 19.1. The van der Waals surface area contributed by atoms with Crippen molar-refractivity contribution in [3.63, 3.8) is 0 Å². The Bertz CT molecular complexity index is 761. The number of nitrogens with zero attached hydrogens (tertiary/aromatic N) is 2. The van der Waals surface area contributed by atoms with Crippen molar-refractivity contribution in [1.29, 1.82) is 0 Å². The van der Waals surface area contributed by atoms with Gasteiger partial charge in [0.25, 0.3) is 0 Å². The second-order valence-electron chi connectivity index (χ2n) is 6.44. The molecule has 27 heavy (non-hydrogen) atoms. The number of rotatable bonds is 7. The minimum Gasteiger partial charge on any atom is -0.346 e. The normalized spacial score (nSPS) is 15.4. The van der Waals surface area contributed by atoms with Gasteiger partial charge in [0.2, 0.25) is 11.8 Å². The van der Waals surface area contributed by atoms with Crippen LogP contribution in [0.5, 0.6) is 0 Å². The highest BCUT2D eigenvalue weighted by Gasteiger charge is 2.19. The molecule has 0 spiro atoms. The van der Waals surface area contributed by atoms with Gasteiger partial charge < -0.3 is 10.6 Å². The van der Waals surface area contributed by atoms with Crippen LogP contribution in [0.4, 0.5) is 5.69 Å². The van der Waals surface area contributed by atoms with E-state index in [2.05, 4.69) is 53.9 Å². The lowest BCUT2D eigenvalue weighted by molar-refractivity contribution is -0.125. The van der Waals surface area contributed by atoms with Gasteiger partial charge in [-0.15, -0.1) is 11.3 Å². The molecule has 2 amide bonds. The van der Waals surface area contributed by atoms with Gasteiger partial charge in [0.1, 0.15) is 0 Å². The second-order valence-corrected chi connectivity index (χ2v) is 8.32. The van der Waals surface area contributed by atoms with Crippen LogP contribution in [0, 0.1) is 0 Å². The topological polar surface area (TPSA) is 64.7 Å². The van der Waals surface area contributed by atoms with Crippen molar-refractivity contribution in [3.8, 4) is 0 Å². The lowest BCUT2D eigenvalue weighted by atomic mass is 10.3. The van der Waals surface area contributed by atoms with E-state index < -0.39 is 0 Å². The zero-order valence-corrected chi connectivity index (χ0v) is 17.4. The third-order valence-electron chi connectivity index (χ3n) is 4.39. The molecule has 0 radical (unpaired) electrons. The average molecular weight is 451 g/mol. The predicted octanol–water partition coefficient (Wildman–Crippen LogP) is 2.38. The highest BCUT2D eigenvalue weighted by molar-refractivity contribution is 9.10. The molecule has 8 heteroatoms. The van der Waals surface area contributed by atoms with E-state index in [0.717, 1.165) is 37.2 Å². The summed E-state index contributed by atoms with van der Waals surface area (Å²) in [6, 6.07) is 11.6. The number of amides is 2. The van der Waals surface area contributed by atoms with Crippen LogP contribution in [-0.2, 0) is 16.1 Å². The summed E-state index contributed by atoms with van der Waals surface area (Å²) in [5, 5.41) is 7.57.